The number of nitriles is 2. The van der Waals surface area contributed by atoms with E-state index in [2.05, 4.69) is 17.1 Å². The maximum atomic E-state index is 11.7. The van der Waals surface area contributed by atoms with Gasteiger partial charge in [0.25, 0.3) is 5.91 Å². The summed E-state index contributed by atoms with van der Waals surface area (Å²) in [6, 6.07) is 11.1. The minimum Gasteiger partial charge on any atom is -0.465 e. The molecule has 1 aromatic rings. The number of carbonyl (C=O) groups is 1. The first kappa shape index (κ1) is 20.8. The molecule has 0 spiro atoms. The predicted octanol–water partition coefficient (Wildman–Crippen LogP) is 2.47. The summed E-state index contributed by atoms with van der Waals surface area (Å²) in [5.41, 5.74) is 4.51. The molecule has 1 heterocycles. The Kier molecular flexibility index (Phi) is 5.36. The third-order valence-electron chi connectivity index (χ3n) is 5.60. The van der Waals surface area contributed by atoms with Crippen molar-refractivity contribution in [1.29, 1.82) is 10.5 Å². The molecule has 0 amide bonds. The Morgan fingerprint density at radius 3 is 2.17 bits per heavy atom. The highest BCUT2D eigenvalue weighted by Gasteiger charge is 2.93. The van der Waals surface area contributed by atoms with E-state index in [1.54, 1.807) is 24.3 Å². The number of nitrogens with two attached hydrogens (primary N) is 1. The molecule has 0 bridgehead atoms. The van der Waals surface area contributed by atoms with Gasteiger partial charge in [-0.05, 0) is 30.5 Å². The number of hydrogen-bond donors (Lipinski definition) is 1. The van der Waals surface area contributed by atoms with Crippen LogP contribution in [0.1, 0.15) is 48.5 Å². The van der Waals surface area contributed by atoms with Gasteiger partial charge < -0.3 is 19.9 Å². The van der Waals surface area contributed by atoms with Crippen LogP contribution in [-0.2, 0) is 14.2 Å². The fraction of sp³-hybridized carbons (Fsp3) is 0.524. The van der Waals surface area contributed by atoms with Crippen molar-refractivity contribution in [3.8, 4) is 12.1 Å². The number of esters is 1. The van der Waals surface area contributed by atoms with Crippen molar-refractivity contribution in [2.45, 2.75) is 38.5 Å². The maximum absolute atomic E-state index is 11.7. The van der Waals surface area contributed by atoms with Gasteiger partial charge in [0.1, 0.15) is 11.3 Å². The number of benzene rings is 1. The molecule has 1 aliphatic heterocycles. The number of carbonyl (C=O) groups excluding carboxylic acids is 1. The van der Waals surface area contributed by atoms with E-state index in [0.29, 0.717) is 37.2 Å². The first-order valence-electron chi connectivity index (χ1n) is 9.59. The van der Waals surface area contributed by atoms with Crippen LogP contribution < -0.4 is 5.73 Å². The van der Waals surface area contributed by atoms with Gasteiger partial charge in [-0.3, -0.25) is 0 Å². The first-order chi connectivity index (χ1) is 13.9. The summed E-state index contributed by atoms with van der Waals surface area (Å²) < 4.78 is 16.7. The quantitative estimate of drug-likeness (QED) is 0.527. The molecule has 8 nitrogen and oxygen atoms in total. The molecule has 29 heavy (non-hydrogen) atoms. The monoisotopic (exact) mass is 396 g/mol. The number of amidine groups is 1. The molecular weight excluding hydrogens is 372 g/mol. The molecule has 3 unspecified atom stereocenters. The van der Waals surface area contributed by atoms with Crippen LogP contribution in [0.15, 0.2) is 29.3 Å². The average molecular weight is 396 g/mol. The van der Waals surface area contributed by atoms with E-state index in [1.165, 1.54) is 7.11 Å². The molecular formula is C21H24N4O4. The number of rotatable bonds is 8. The van der Waals surface area contributed by atoms with Gasteiger partial charge in [-0.2, -0.15) is 10.5 Å². The molecule has 3 atom stereocenters. The Labute approximate surface area is 169 Å². The Balaban J connectivity index is 2.10. The summed E-state index contributed by atoms with van der Waals surface area (Å²) in [5, 5.41) is 20.3. The van der Waals surface area contributed by atoms with Gasteiger partial charge in [-0.1, -0.05) is 26.0 Å². The molecule has 0 saturated heterocycles. The highest BCUT2D eigenvalue weighted by atomic mass is 16.7. The molecule has 1 aliphatic carbocycles. The van der Waals surface area contributed by atoms with Crippen LogP contribution in [0, 0.1) is 33.5 Å². The van der Waals surface area contributed by atoms with Gasteiger partial charge in [-0.25, -0.2) is 9.79 Å². The van der Waals surface area contributed by atoms with Crippen LogP contribution in [0.4, 0.5) is 0 Å². The number of fused-ring (bicyclic) bond motifs is 1. The highest BCUT2D eigenvalue weighted by molar-refractivity contribution is 6.00. The zero-order valence-electron chi connectivity index (χ0n) is 16.8. The molecule has 1 aromatic carbocycles. The standard InChI is InChI=1S/C21H24N4O4/c1-4-10-28-21(29-11-5-2)20(13-23)16(19(20,12-22)18(24)25-21)14-6-8-15(9-7-14)17(26)27-3/h6-9,16H,4-5,10-11H2,1-3H3,(H2,24,25). The van der Waals surface area contributed by atoms with Crippen LogP contribution in [0.2, 0.25) is 0 Å². The lowest BCUT2D eigenvalue weighted by Gasteiger charge is -2.32. The van der Waals surface area contributed by atoms with E-state index in [4.69, 9.17) is 19.9 Å². The second-order valence-electron chi connectivity index (χ2n) is 7.16. The Morgan fingerprint density at radius 2 is 1.72 bits per heavy atom. The van der Waals surface area contributed by atoms with Crippen LogP contribution in [-0.4, -0.2) is 38.0 Å². The van der Waals surface area contributed by atoms with E-state index < -0.39 is 28.6 Å². The minimum atomic E-state index is -1.64. The van der Waals surface area contributed by atoms with E-state index in [0.717, 1.165) is 0 Å². The highest BCUT2D eigenvalue weighted by Crippen LogP contribution is 2.82. The van der Waals surface area contributed by atoms with Gasteiger partial charge in [0.15, 0.2) is 5.41 Å². The van der Waals surface area contributed by atoms with Gasteiger partial charge in [-0.15, -0.1) is 0 Å². The Bertz CT molecular complexity index is 906. The molecule has 2 aliphatic rings. The lowest BCUT2D eigenvalue weighted by molar-refractivity contribution is -0.259. The van der Waals surface area contributed by atoms with Crippen LogP contribution in [0.25, 0.3) is 0 Å². The lowest BCUT2D eigenvalue weighted by atomic mass is 9.93. The zero-order chi connectivity index (χ0) is 21.3. The van der Waals surface area contributed by atoms with Crippen LogP contribution in [0.3, 0.4) is 0 Å². The molecule has 1 fully saturated rings. The SMILES string of the molecule is CCCOC1(OCCC)N=C(N)C2(C#N)C(c3ccc(C(=O)OC)cc3)C12C#N. The van der Waals surface area contributed by atoms with Crippen molar-refractivity contribution in [3.05, 3.63) is 35.4 Å². The van der Waals surface area contributed by atoms with E-state index >= 15 is 0 Å². The zero-order valence-corrected chi connectivity index (χ0v) is 16.8. The second kappa shape index (κ2) is 7.47. The van der Waals surface area contributed by atoms with Gasteiger partial charge in [0, 0.05) is 5.92 Å². The first-order valence-corrected chi connectivity index (χ1v) is 9.59. The van der Waals surface area contributed by atoms with Crippen molar-refractivity contribution in [1.82, 2.24) is 0 Å². The summed E-state index contributed by atoms with van der Waals surface area (Å²) in [6.07, 6.45) is 1.37. The fourth-order valence-electron chi connectivity index (χ4n) is 4.27. The van der Waals surface area contributed by atoms with Crippen LogP contribution in [0.5, 0.6) is 0 Å². The second-order valence-corrected chi connectivity index (χ2v) is 7.16. The van der Waals surface area contributed by atoms with Crippen molar-refractivity contribution in [3.63, 3.8) is 0 Å². The van der Waals surface area contributed by atoms with Crippen molar-refractivity contribution < 1.29 is 19.0 Å². The van der Waals surface area contributed by atoms with Gasteiger partial charge >= 0.3 is 5.97 Å². The lowest BCUT2D eigenvalue weighted by Crippen LogP contribution is -2.44. The molecule has 3 rings (SSSR count). The molecule has 1 saturated carbocycles. The number of aliphatic imine (C=N–C) groups is 1. The number of ether oxygens (including phenoxy) is 3. The Hall–Kier alpha value is -2.94. The smallest absolute Gasteiger partial charge is 0.337 e. The average Bonchev–Trinajstić information content (AvgIpc) is 3.33. The molecule has 0 radical (unpaired) electrons. The third-order valence-corrected chi connectivity index (χ3v) is 5.60. The van der Waals surface area contributed by atoms with Crippen molar-refractivity contribution >= 4 is 11.8 Å². The summed E-state index contributed by atoms with van der Waals surface area (Å²) in [6.45, 7) is 4.48. The number of hydrogen-bond acceptors (Lipinski definition) is 8. The largest absolute Gasteiger partial charge is 0.465 e. The van der Waals surface area contributed by atoms with E-state index in [9.17, 15) is 15.3 Å². The van der Waals surface area contributed by atoms with Gasteiger partial charge in [0.2, 0.25) is 0 Å². The summed E-state index contributed by atoms with van der Waals surface area (Å²) >= 11 is 0. The van der Waals surface area contributed by atoms with Crippen molar-refractivity contribution in [2.75, 3.05) is 20.3 Å². The fourth-order valence-corrected chi connectivity index (χ4v) is 4.27. The van der Waals surface area contributed by atoms with Crippen LogP contribution >= 0.6 is 0 Å². The topological polar surface area (TPSA) is 131 Å². The molecule has 0 aromatic heterocycles. The number of nitrogens with zero attached hydrogens (tertiary/aromatic N) is 3. The third kappa shape index (κ3) is 2.57. The Morgan fingerprint density at radius 1 is 1.14 bits per heavy atom. The van der Waals surface area contributed by atoms with E-state index in [-0.39, 0.29) is 5.84 Å². The maximum Gasteiger partial charge on any atom is 0.337 e. The molecule has 152 valence electrons. The normalized spacial score (nSPS) is 28.6. The predicted molar refractivity (Wildman–Crippen MR) is 103 cm³/mol. The number of methoxy groups -OCH3 is 1. The van der Waals surface area contributed by atoms with Crippen molar-refractivity contribution in [2.24, 2.45) is 21.6 Å². The minimum absolute atomic E-state index is 0.0378. The van der Waals surface area contributed by atoms with E-state index in [1.807, 2.05) is 13.8 Å². The summed E-state index contributed by atoms with van der Waals surface area (Å²) in [4.78, 5) is 16.1. The molecule has 2 N–H and O–H groups in total. The molecule has 8 heteroatoms. The van der Waals surface area contributed by atoms with Gasteiger partial charge in [0.05, 0.1) is 38.0 Å². The summed E-state index contributed by atoms with van der Waals surface area (Å²) in [7, 11) is 1.30. The summed E-state index contributed by atoms with van der Waals surface area (Å²) in [5.74, 6) is -2.66.